The van der Waals surface area contributed by atoms with Crippen LogP contribution in [0.1, 0.15) is 30.4 Å². The largest absolute Gasteiger partial charge is 0.510 e. The van der Waals surface area contributed by atoms with Crippen LogP contribution in [0.15, 0.2) is 170 Å². The number of benzene rings is 7. The van der Waals surface area contributed by atoms with Crippen molar-refractivity contribution >= 4 is 61.7 Å². The average molecular weight is 991 g/mol. The van der Waals surface area contributed by atoms with Crippen molar-refractivity contribution in [3.63, 3.8) is 0 Å². The molecular weight excluding hydrogens is 948 g/mol. The normalized spacial score (nSPS) is 14.0. The van der Waals surface area contributed by atoms with Gasteiger partial charge in [0.15, 0.2) is 8.07 Å². The molecule has 0 saturated heterocycles. The Morgan fingerprint density at radius 3 is 2.16 bits per heavy atom. The number of aryl methyl sites for hydroxylation is 1. The van der Waals surface area contributed by atoms with Crippen molar-refractivity contribution in [3.05, 3.63) is 194 Å². The standard InChI is InChI=1S/C53H40N4O2Si.Pt/c1-53(2,3)36-28-29-54-52(30-36)57-44-23-12-11-22-42(44)43-27-26-39(32-45(43)57)58-38-17-15-16-37(31-38)56-35-55(4)46-34-51-49(33-47(46)56)59-48-24-13-14-25-50(48)60(51,40-18-7-5-8-19-40)41-20-9-6-10-21-41;/h5-30,33-34H,1-4H3;/q-2;/i4D3;. The molecule has 3 aromatic heterocycles. The fraction of sp³-hybridized carbons (Fsp3) is 0.0943. The molecule has 61 heavy (non-hydrogen) atoms. The van der Waals surface area contributed by atoms with Gasteiger partial charge >= 0.3 is 0 Å². The molecule has 300 valence electrons. The molecule has 4 heterocycles. The van der Waals surface area contributed by atoms with Gasteiger partial charge in [-0.15, -0.1) is 29.7 Å². The van der Waals surface area contributed by atoms with E-state index in [1.807, 2.05) is 79.0 Å². The Bertz CT molecular complexity index is 3360. The Morgan fingerprint density at radius 2 is 1.39 bits per heavy atom. The molecule has 0 fully saturated rings. The number of ether oxygens (including phenoxy) is 2. The molecular formula is C53H40N4O2PtSi-2. The molecule has 1 aliphatic rings. The van der Waals surface area contributed by atoms with Crippen LogP contribution in [0.25, 0.3) is 44.3 Å². The molecule has 11 rings (SSSR count). The molecule has 7 aromatic carbocycles. The molecule has 6 nitrogen and oxygen atoms in total. The first-order valence-electron chi connectivity index (χ1n) is 21.5. The van der Waals surface area contributed by atoms with Crippen molar-refractivity contribution in [2.75, 3.05) is 0 Å². The summed E-state index contributed by atoms with van der Waals surface area (Å²) in [6.45, 7) is 4.04. The number of nitrogens with zero attached hydrogens (tertiary/aromatic N) is 4. The summed E-state index contributed by atoms with van der Waals surface area (Å²) < 4.78 is 44.6. The van der Waals surface area contributed by atoms with Gasteiger partial charge in [-0.05, 0) is 67.4 Å². The smallest absolute Gasteiger partial charge is 0.242 e. The third-order valence-electron chi connectivity index (χ3n) is 11.7. The Hall–Kier alpha value is -6.53. The monoisotopic (exact) mass is 990 g/mol. The van der Waals surface area contributed by atoms with Crippen LogP contribution >= 0.6 is 0 Å². The Morgan fingerprint density at radius 1 is 0.672 bits per heavy atom. The molecule has 0 bridgehead atoms. The quantitative estimate of drug-likeness (QED) is 0.0951. The van der Waals surface area contributed by atoms with Gasteiger partial charge in [0.1, 0.15) is 17.3 Å². The second-order valence-electron chi connectivity index (χ2n) is 16.3. The van der Waals surface area contributed by atoms with E-state index in [1.54, 1.807) is 4.57 Å². The van der Waals surface area contributed by atoms with Crippen LogP contribution in [-0.2, 0) is 33.5 Å². The van der Waals surface area contributed by atoms with E-state index in [4.69, 9.17) is 18.6 Å². The molecule has 0 aliphatic carbocycles. The van der Waals surface area contributed by atoms with Gasteiger partial charge in [-0.25, -0.2) is 4.98 Å². The maximum absolute atomic E-state index is 8.72. The Kier molecular flexibility index (Phi) is 8.59. The first-order valence-corrected chi connectivity index (χ1v) is 22.0. The second kappa shape index (κ2) is 14.9. The van der Waals surface area contributed by atoms with Gasteiger partial charge in [0.2, 0.25) is 6.33 Å². The van der Waals surface area contributed by atoms with Crippen LogP contribution in [0.3, 0.4) is 0 Å². The van der Waals surface area contributed by atoms with Crippen LogP contribution in [0.5, 0.6) is 23.0 Å². The van der Waals surface area contributed by atoms with Crippen molar-refractivity contribution < 1.29 is 39.2 Å². The fourth-order valence-electron chi connectivity index (χ4n) is 8.90. The van der Waals surface area contributed by atoms with Gasteiger partial charge in [0, 0.05) is 44.3 Å². The maximum atomic E-state index is 8.72. The first-order chi connectivity index (χ1) is 30.5. The van der Waals surface area contributed by atoms with E-state index in [0.29, 0.717) is 34.0 Å². The summed E-state index contributed by atoms with van der Waals surface area (Å²) in [6.07, 6.45) is 5.06. The SMILES string of the molecule is [2H]C([2H])([2H])[n+]1[c-]n(-c2[c-]c(Oc3[c-]c4c(cc3)c3ccccc3n4-c3cc(C(C)(C)C)ccn3)ccc2)c2cc3c(cc21)[Si](c1ccccc1)(c1ccccc1)c1ccccc1O3.[Pt]. The van der Waals surface area contributed by atoms with E-state index in [-0.39, 0.29) is 26.5 Å². The number of aromatic nitrogens is 4. The fourth-order valence-corrected chi connectivity index (χ4v) is 13.9. The summed E-state index contributed by atoms with van der Waals surface area (Å²) in [5.74, 6) is 3.17. The van der Waals surface area contributed by atoms with Crippen LogP contribution in [0, 0.1) is 18.5 Å². The number of fused-ring (bicyclic) bond motifs is 6. The summed E-state index contributed by atoms with van der Waals surface area (Å²) in [4.78, 5) is 4.82. The van der Waals surface area contributed by atoms with Gasteiger partial charge in [-0.1, -0.05) is 135 Å². The van der Waals surface area contributed by atoms with Crippen LogP contribution in [0.2, 0.25) is 0 Å². The molecule has 8 heteroatoms. The summed E-state index contributed by atoms with van der Waals surface area (Å²) in [7, 11) is -3.05. The van der Waals surface area contributed by atoms with Crippen molar-refractivity contribution in [1.82, 2.24) is 14.1 Å². The molecule has 0 spiro atoms. The third kappa shape index (κ3) is 6.25. The van der Waals surface area contributed by atoms with E-state index in [9.17, 15) is 0 Å². The van der Waals surface area contributed by atoms with Gasteiger partial charge < -0.3 is 23.2 Å². The van der Waals surface area contributed by atoms with Gasteiger partial charge in [0.25, 0.3) is 0 Å². The predicted molar refractivity (Wildman–Crippen MR) is 242 cm³/mol. The van der Waals surface area contributed by atoms with Crippen molar-refractivity contribution in [3.8, 4) is 34.5 Å². The van der Waals surface area contributed by atoms with Crippen LogP contribution in [-0.4, -0.2) is 22.2 Å². The van der Waals surface area contributed by atoms with Crippen molar-refractivity contribution in [2.45, 2.75) is 26.2 Å². The zero-order chi connectivity index (χ0) is 43.1. The molecule has 0 amide bonds. The minimum atomic E-state index is -3.05. The molecule has 1 aliphatic heterocycles. The van der Waals surface area contributed by atoms with E-state index >= 15 is 0 Å². The number of hydrogen-bond acceptors (Lipinski definition) is 3. The summed E-state index contributed by atoms with van der Waals surface area (Å²) in [5, 5.41) is 6.51. The molecule has 0 N–H and O–H groups in total. The average Bonchev–Trinajstić information content (AvgIpc) is 3.84. The zero-order valence-electron chi connectivity index (χ0n) is 36.6. The minimum absolute atomic E-state index is 0. The molecule has 10 aromatic rings. The van der Waals surface area contributed by atoms with Gasteiger partial charge in [-0.3, -0.25) is 0 Å². The summed E-state index contributed by atoms with van der Waals surface area (Å²) in [6, 6.07) is 62.2. The number of imidazole rings is 1. The Labute approximate surface area is 374 Å². The molecule has 0 atom stereocenters. The zero-order valence-corrected chi connectivity index (χ0v) is 36.9. The van der Waals surface area contributed by atoms with Crippen LogP contribution in [0.4, 0.5) is 0 Å². The molecule has 0 saturated carbocycles. The maximum Gasteiger partial charge on any atom is 0.242 e. The minimum Gasteiger partial charge on any atom is -0.510 e. The van der Waals surface area contributed by atoms with Crippen molar-refractivity contribution in [1.29, 1.82) is 0 Å². The van der Waals surface area contributed by atoms with E-state index in [1.165, 1.54) is 20.5 Å². The summed E-state index contributed by atoms with van der Waals surface area (Å²) in [5.41, 5.74) is 4.62. The first kappa shape index (κ1) is 35.2. The molecule has 0 unspecified atom stereocenters. The summed E-state index contributed by atoms with van der Waals surface area (Å²) >= 11 is 0. The van der Waals surface area contributed by atoms with Crippen LogP contribution < -0.4 is 34.8 Å². The number of rotatable bonds is 6. The number of para-hydroxylation sites is 2. The predicted octanol–water partition coefficient (Wildman–Crippen LogP) is 8.92. The molecule has 0 radical (unpaired) electrons. The van der Waals surface area contributed by atoms with E-state index in [0.717, 1.165) is 43.7 Å². The number of pyridine rings is 1. The topological polar surface area (TPSA) is 45.1 Å². The van der Waals surface area contributed by atoms with Gasteiger partial charge in [0.05, 0.1) is 22.1 Å². The van der Waals surface area contributed by atoms with E-state index < -0.39 is 15.0 Å². The van der Waals surface area contributed by atoms with Gasteiger partial charge in [-0.2, -0.15) is 18.2 Å². The van der Waals surface area contributed by atoms with Crippen molar-refractivity contribution in [2.24, 2.45) is 6.98 Å². The second-order valence-corrected chi connectivity index (χ2v) is 20.0. The van der Waals surface area contributed by atoms with E-state index in [2.05, 4.69) is 135 Å². The number of hydrogen-bond donors (Lipinski definition) is 0. The third-order valence-corrected chi connectivity index (χ3v) is 16.5. The Balaban J connectivity index is 0.00000484.